The molecular weight excluding hydrogens is 262 g/mol. The molecule has 0 radical (unpaired) electrons. The van der Waals surface area contributed by atoms with Crippen molar-refractivity contribution in [1.29, 1.82) is 0 Å². The molecule has 0 bridgehead atoms. The second-order valence-electron chi connectivity index (χ2n) is 6.17. The predicted molar refractivity (Wildman–Crippen MR) is 77.7 cm³/mol. The Bertz CT molecular complexity index is 383. The van der Waals surface area contributed by atoms with Crippen molar-refractivity contribution in [3.63, 3.8) is 0 Å². The van der Waals surface area contributed by atoms with Gasteiger partial charge in [0.15, 0.2) is 0 Å². The highest BCUT2D eigenvalue weighted by molar-refractivity contribution is 7.88. The van der Waals surface area contributed by atoms with Crippen LogP contribution in [0.25, 0.3) is 0 Å². The van der Waals surface area contributed by atoms with Crippen molar-refractivity contribution in [2.75, 3.05) is 46.0 Å². The van der Waals surface area contributed by atoms with E-state index in [0.29, 0.717) is 6.54 Å². The van der Waals surface area contributed by atoms with Gasteiger partial charge >= 0.3 is 0 Å². The van der Waals surface area contributed by atoms with Gasteiger partial charge in [-0.15, -0.1) is 0 Å². The van der Waals surface area contributed by atoms with E-state index in [1.165, 1.54) is 25.5 Å². The number of piperazine rings is 1. The maximum absolute atomic E-state index is 11.4. The molecular formula is C13H27N3O2S. The van der Waals surface area contributed by atoms with Gasteiger partial charge in [0.2, 0.25) is 10.0 Å². The van der Waals surface area contributed by atoms with Crippen LogP contribution < -0.4 is 4.72 Å². The van der Waals surface area contributed by atoms with Crippen LogP contribution in [0, 0.1) is 0 Å². The molecule has 0 aromatic heterocycles. The first kappa shape index (κ1) is 15.2. The minimum Gasteiger partial charge on any atom is -0.304 e. The topological polar surface area (TPSA) is 52.6 Å². The average molecular weight is 289 g/mol. The second-order valence-corrected chi connectivity index (χ2v) is 8.00. The van der Waals surface area contributed by atoms with E-state index < -0.39 is 10.0 Å². The highest BCUT2D eigenvalue weighted by Crippen LogP contribution is 2.34. The fourth-order valence-electron chi connectivity index (χ4n) is 3.36. The number of hydrogen-bond donors (Lipinski definition) is 1. The number of hydrogen-bond acceptors (Lipinski definition) is 4. The molecule has 19 heavy (non-hydrogen) atoms. The van der Waals surface area contributed by atoms with Crippen molar-refractivity contribution in [2.24, 2.45) is 0 Å². The third-order valence-electron chi connectivity index (χ3n) is 4.62. The lowest BCUT2D eigenvalue weighted by Crippen LogP contribution is -2.61. The summed E-state index contributed by atoms with van der Waals surface area (Å²) in [5.74, 6) is 0. The lowest BCUT2D eigenvalue weighted by Gasteiger charge is -2.49. The molecule has 0 atom stereocenters. The molecule has 0 amide bonds. The maximum atomic E-state index is 11.4. The van der Waals surface area contributed by atoms with Crippen molar-refractivity contribution in [3.8, 4) is 0 Å². The fourth-order valence-corrected chi connectivity index (χ4v) is 3.89. The molecule has 1 saturated heterocycles. The summed E-state index contributed by atoms with van der Waals surface area (Å²) in [4.78, 5) is 4.88. The first-order valence-electron chi connectivity index (χ1n) is 7.30. The molecule has 2 rings (SSSR count). The molecule has 6 heteroatoms. The van der Waals surface area contributed by atoms with Crippen LogP contribution in [-0.4, -0.2) is 69.8 Å². The summed E-state index contributed by atoms with van der Waals surface area (Å²) >= 11 is 0. The zero-order valence-corrected chi connectivity index (χ0v) is 13.0. The van der Waals surface area contributed by atoms with Gasteiger partial charge in [-0.1, -0.05) is 19.3 Å². The van der Waals surface area contributed by atoms with Crippen LogP contribution >= 0.6 is 0 Å². The fraction of sp³-hybridized carbons (Fsp3) is 1.00. The van der Waals surface area contributed by atoms with Crippen LogP contribution in [0.3, 0.4) is 0 Å². The molecule has 1 heterocycles. The normalized spacial score (nSPS) is 26.4. The van der Waals surface area contributed by atoms with Crippen molar-refractivity contribution in [1.82, 2.24) is 14.5 Å². The van der Waals surface area contributed by atoms with E-state index in [1.807, 2.05) is 0 Å². The van der Waals surface area contributed by atoms with Crippen LogP contribution in [0.4, 0.5) is 0 Å². The Kier molecular flexibility index (Phi) is 4.87. The average Bonchev–Trinajstić information content (AvgIpc) is 2.37. The highest BCUT2D eigenvalue weighted by Gasteiger charge is 2.39. The smallest absolute Gasteiger partial charge is 0.208 e. The molecule has 0 aromatic carbocycles. The Balaban J connectivity index is 2.05. The summed E-state index contributed by atoms with van der Waals surface area (Å²) in [7, 11) is -0.946. The summed E-state index contributed by atoms with van der Waals surface area (Å²) in [6.07, 6.45) is 7.23. The van der Waals surface area contributed by atoms with Crippen molar-refractivity contribution >= 4 is 10.0 Å². The van der Waals surface area contributed by atoms with Gasteiger partial charge in [-0.25, -0.2) is 13.1 Å². The summed E-state index contributed by atoms with van der Waals surface area (Å²) in [5, 5.41) is 0. The van der Waals surface area contributed by atoms with E-state index in [2.05, 4.69) is 21.6 Å². The van der Waals surface area contributed by atoms with Crippen molar-refractivity contribution in [2.45, 2.75) is 37.6 Å². The van der Waals surface area contributed by atoms with E-state index in [-0.39, 0.29) is 5.54 Å². The summed E-state index contributed by atoms with van der Waals surface area (Å²) in [6, 6.07) is 0. The largest absolute Gasteiger partial charge is 0.304 e. The van der Waals surface area contributed by atoms with E-state index in [4.69, 9.17) is 0 Å². The van der Waals surface area contributed by atoms with E-state index >= 15 is 0 Å². The Labute approximate surface area is 117 Å². The Morgan fingerprint density at radius 2 is 1.63 bits per heavy atom. The number of rotatable bonds is 4. The molecule has 5 nitrogen and oxygen atoms in total. The highest BCUT2D eigenvalue weighted by atomic mass is 32.2. The third-order valence-corrected chi connectivity index (χ3v) is 5.29. The molecule has 0 aromatic rings. The van der Waals surface area contributed by atoms with Gasteiger partial charge in [-0.05, 0) is 19.9 Å². The van der Waals surface area contributed by atoms with E-state index in [9.17, 15) is 8.42 Å². The predicted octanol–water partition coefficient (Wildman–Crippen LogP) is 0.486. The lowest BCUT2D eigenvalue weighted by atomic mass is 9.80. The molecule has 1 saturated carbocycles. The van der Waals surface area contributed by atoms with Crippen molar-refractivity contribution < 1.29 is 8.42 Å². The molecule has 2 fully saturated rings. The second kappa shape index (κ2) is 6.08. The van der Waals surface area contributed by atoms with Crippen LogP contribution in [0.15, 0.2) is 0 Å². The standard InChI is InChI=1S/C13H27N3O2S/c1-15-8-10-16(11-9-15)13(6-4-3-5-7-13)12-14-19(2,17)18/h14H,3-12H2,1-2H3. The Hall–Kier alpha value is -0.170. The van der Waals surface area contributed by atoms with Gasteiger partial charge in [0.1, 0.15) is 0 Å². The van der Waals surface area contributed by atoms with E-state index in [1.54, 1.807) is 0 Å². The summed E-state index contributed by atoms with van der Waals surface area (Å²) in [6.45, 7) is 4.86. The van der Waals surface area contributed by atoms with Crippen LogP contribution in [0.2, 0.25) is 0 Å². The minimum atomic E-state index is -3.10. The third kappa shape index (κ3) is 4.15. The SMILES string of the molecule is CN1CCN(C2(CNS(C)(=O)=O)CCCCC2)CC1. The van der Waals surface area contributed by atoms with E-state index in [0.717, 1.165) is 39.0 Å². The Morgan fingerprint density at radius 3 is 2.16 bits per heavy atom. The molecule has 0 unspecified atom stereocenters. The molecule has 0 spiro atoms. The van der Waals surface area contributed by atoms with Gasteiger partial charge < -0.3 is 4.90 Å². The quantitative estimate of drug-likeness (QED) is 0.818. The monoisotopic (exact) mass is 289 g/mol. The number of nitrogens with one attached hydrogen (secondary N) is 1. The van der Waals surface area contributed by atoms with Gasteiger partial charge in [0, 0.05) is 38.3 Å². The molecule has 1 aliphatic carbocycles. The number of nitrogens with zero attached hydrogens (tertiary/aromatic N) is 2. The maximum Gasteiger partial charge on any atom is 0.208 e. The Morgan fingerprint density at radius 1 is 1.05 bits per heavy atom. The number of likely N-dealkylation sites (N-methyl/N-ethyl adjacent to an activating group) is 1. The molecule has 1 aliphatic heterocycles. The molecule has 112 valence electrons. The van der Waals surface area contributed by atoms with Crippen LogP contribution in [0.1, 0.15) is 32.1 Å². The molecule has 2 aliphatic rings. The lowest BCUT2D eigenvalue weighted by molar-refractivity contribution is 0.0171. The van der Waals surface area contributed by atoms with Crippen LogP contribution in [0.5, 0.6) is 0 Å². The van der Waals surface area contributed by atoms with Gasteiger partial charge in [-0.2, -0.15) is 0 Å². The van der Waals surface area contributed by atoms with Gasteiger partial charge in [-0.3, -0.25) is 4.90 Å². The van der Waals surface area contributed by atoms with Gasteiger partial charge in [0.05, 0.1) is 6.26 Å². The van der Waals surface area contributed by atoms with Crippen molar-refractivity contribution in [3.05, 3.63) is 0 Å². The van der Waals surface area contributed by atoms with Crippen LogP contribution in [-0.2, 0) is 10.0 Å². The first-order chi connectivity index (χ1) is 8.91. The first-order valence-corrected chi connectivity index (χ1v) is 9.19. The zero-order chi connectivity index (χ0) is 13.9. The summed E-state index contributed by atoms with van der Waals surface area (Å²) < 4.78 is 25.6. The summed E-state index contributed by atoms with van der Waals surface area (Å²) in [5.41, 5.74) is 0.0581. The minimum absolute atomic E-state index is 0.0581. The molecule has 1 N–H and O–H groups in total. The zero-order valence-electron chi connectivity index (χ0n) is 12.2. The number of sulfonamides is 1. The van der Waals surface area contributed by atoms with Gasteiger partial charge in [0.25, 0.3) is 0 Å².